The minimum atomic E-state index is -0.188. The van der Waals surface area contributed by atoms with Gasteiger partial charge in [0.15, 0.2) is 0 Å². The van der Waals surface area contributed by atoms with Crippen LogP contribution in [0.4, 0.5) is 0 Å². The van der Waals surface area contributed by atoms with Gasteiger partial charge in [0.2, 0.25) is 0 Å². The Labute approximate surface area is 69.6 Å². The van der Waals surface area contributed by atoms with Gasteiger partial charge in [-0.3, -0.25) is 0 Å². The van der Waals surface area contributed by atoms with Crippen LogP contribution in [0.25, 0.3) is 0 Å². The second kappa shape index (κ2) is 16.4. The first-order valence-electron chi connectivity index (χ1n) is 0.343. The van der Waals surface area contributed by atoms with Crippen molar-refractivity contribution in [3.63, 3.8) is 0 Å². The summed E-state index contributed by atoms with van der Waals surface area (Å²) in [6.07, 6.45) is 0. The molecule has 0 saturated carbocycles. The summed E-state index contributed by atoms with van der Waals surface area (Å²) in [4.78, 5) is 0. The Balaban J connectivity index is -0.0000000200. The van der Waals surface area contributed by atoms with Crippen molar-refractivity contribution in [3.05, 3.63) is 0 Å². The van der Waals surface area contributed by atoms with E-state index in [1.54, 1.807) is 18.3 Å². The van der Waals surface area contributed by atoms with Gasteiger partial charge in [0, 0.05) is 17.4 Å². The van der Waals surface area contributed by atoms with Crippen LogP contribution in [0.2, 0.25) is 0 Å². The van der Waals surface area contributed by atoms with E-state index >= 15 is 0 Å². The zero-order chi connectivity index (χ0) is 2.71. The maximum atomic E-state index is 8.96. The van der Waals surface area contributed by atoms with Crippen LogP contribution in [0.3, 0.4) is 0 Å². The fourth-order valence-electron chi connectivity index (χ4n) is 0. The molecule has 0 heterocycles. The maximum absolute atomic E-state index is 8.96. The zero-order valence-electron chi connectivity index (χ0n) is 1.69. The first-order chi connectivity index (χ1) is 1.41. The second-order valence-corrected chi connectivity index (χ2v) is 1.31. The van der Waals surface area contributed by atoms with E-state index in [0.717, 1.165) is 0 Å². The predicted octanol–water partition coefficient (Wildman–Crippen LogP) is -0.775. The third-order valence-corrected chi connectivity index (χ3v) is 0. The van der Waals surface area contributed by atoms with Crippen molar-refractivity contribution >= 4 is 18.9 Å². The molecule has 0 aliphatic carbocycles. The quantitative estimate of drug-likeness (QED) is 0.446. The second-order valence-electron chi connectivity index (χ2n) is 0.0772. The van der Waals surface area contributed by atoms with Crippen LogP contribution in [-0.4, -0.2) is 18.9 Å². The summed E-state index contributed by atoms with van der Waals surface area (Å²) in [5.41, 5.74) is 0. The van der Waals surface area contributed by atoms with Crippen LogP contribution in [0, 0.1) is 0 Å². The SMILES string of the molecule is [Cr].[LiH].[O]=[Mn][Ti]. The zero-order valence-corrected chi connectivity index (χ0v) is 5.71. The molecule has 5 heteroatoms. The van der Waals surface area contributed by atoms with Gasteiger partial charge >= 0.3 is 53.1 Å². The van der Waals surface area contributed by atoms with E-state index in [1.807, 2.05) is 0 Å². The summed E-state index contributed by atoms with van der Waals surface area (Å²) in [5, 5.41) is 0. The van der Waals surface area contributed by atoms with Crippen molar-refractivity contribution in [2.75, 3.05) is 0 Å². The van der Waals surface area contributed by atoms with Crippen molar-refractivity contribution in [1.82, 2.24) is 0 Å². The summed E-state index contributed by atoms with van der Waals surface area (Å²) < 4.78 is 8.96. The molecule has 0 amide bonds. The average molecular weight is 179 g/mol. The van der Waals surface area contributed by atoms with Crippen LogP contribution < -0.4 is 0 Å². The Morgan fingerprint density at radius 2 is 1.60 bits per heavy atom. The van der Waals surface area contributed by atoms with E-state index < -0.39 is 0 Å². The van der Waals surface area contributed by atoms with E-state index in [2.05, 4.69) is 0 Å². The van der Waals surface area contributed by atoms with Crippen molar-refractivity contribution in [3.8, 4) is 0 Å². The molecule has 0 bridgehead atoms. The molecule has 0 N–H and O–H groups in total. The summed E-state index contributed by atoms with van der Waals surface area (Å²) in [6, 6.07) is 0. The van der Waals surface area contributed by atoms with Crippen LogP contribution in [-0.2, 0) is 51.6 Å². The van der Waals surface area contributed by atoms with E-state index in [1.165, 1.54) is 0 Å². The Bertz CT molecular complexity index is 19.1. The molecule has 0 aromatic rings. The van der Waals surface area contributed by atoms with Crippen LogP contribution >= 0.6 is 0 Å². The van der Waals surface area contributed by atoms with Gasteiger partial charge in [0.05, 0.1) is 0 Å². The van der Waals surface area contributed by atoms with Gasteiger partial charge in [-0.15, -0.1) is 0 Å². The summed E-state index contributed by atoms with van der Waals surface area (Å²) in [7, 11) is 0. The average Bonchev–Trinajstić information content (AvgIpc) is 0.918. The normalized spacial score (nSPS) is 3.00. The van der Waals surface area contributed by atoms with E-state index in [4.69, 9.17) is 3.83 Å². The summed E-state index contributed by atoms with van der Waals surface area (Å²) >= 11 is 1.41. The van der Waals surface area contributed by atoms with E-state index in [0.29, 0.717) is 0 Å². The number of rotatable bonds is 0. The molecule has 0 aromatic heterocycles. The number of hydrogen-bond donors (Lipinski definition) is 0. The van der Waals surface area contributed by atoms with E-state index in [9.17, 15) is 0 Å². The monoisotopic (exact) mass is 179 g/mol. The molecular weight excluding hydrogens is 178 g/mol. The first-order valence-corrected chi connectivity index (χ1v) is 3.85. The third kappa shape index (κ3) is 22.8. The van der Waals surface area contributed by atoms with Crippen LogP contribution in [0.5, 0.6) is 0 Å². The Hall–Kier alpha value is 2.16. The van der Waals surface area contributed by atoms with Crippen molar-refractivity contribution in [2.24, 2.45) is 0 Å². The molecule has 0 aromatic carbocycles. The van der Waals surface area contributed by atoms with Crippen molar-refractivity contribution in [1.29, 1.82) is 0 Å². The summed E-state index contributed by atoms with van der Waals surface area (Å²) in [5.74, 6) is 0. The van der Waals surface area contributed by atoms with Gasteiger partial charge in [0.1, 0.15) is 0 Å². The molecule has 0 saturated heterocycles. The molecule has 0 unspecified atom stereocenters. The Morgan fingerprint density at radius 1 is 1.60 bits per heavy atom. The molecule has 0 atom stereocenters. The molecule has 25 valence electrons. The number of hydrogen-bond acceptors (Lipinski definition) is 1. The van der Waals surface area contributed by atoms with Gasteiger partial charge in [-0.1, -0.05) is 0 Å². The van der Waals surface area contributed by atoms with Crippen molar-refractivity contribution in [2.45, 2.75) is 0 Å². The molecule has 0 spiro atoms. The fraction of sp³-hybridized carbons (Fsp3) is 0. The predicted molar refractivity (Wildman–Crippen MR) is 7.84 cm³/mol. The fourth-order valence-corrected chi connectivity index (χ4v) is 0. The first kappa shape index (κ1) is 15.7. The van der Waals surface area contributed by atoms with Crippen LogP contribution in [0.1, 0.15) is 0 Å². The van der Waals surface area contributed by atoms with Gasteiger partial charge in [0.25, 0.3) is 0 Å². The minimum absolute atomic E-state index is 0. The summed E-state index contributed by atoms with van der Waals surface area (Å²) in [6.45, 7) is 0. The van der Waals surface area contributed by atoms with E-state index in [-0.39, 0.29) is 48.3 Å². The third-order valence-electron chi connectivity index (χ3n) is 0. The Kier molecular flexibility index (Phi) is 51.6. The standard InChI is InChI=1S/Cr.Li.Mn.O.Ti.H. The van der Waals surface area contributed by atoms with Gasteiger partial charge < -0.3 is 0 Å². The molecule has 0 aliphatic heterocycles. The van der Waals surface area contributed by atoms with Crippen molar-refractivity contribution < 1.29 is 51.6 Å². The molecular formula is HCrLiMnOTi. The van der Waals surface area contributed by atoms with Gasteiger partial charge in [-0.25, -0.2) is 0 Å². The molecule has 0 radical (unpaired) electrons. The molecule has 0 rings (SSSR count). The van der Waals surface area contributed by atoms with Gasteiger partial charge in [-0.2, -0.15) is 0 Å². The molecule has 0 fully saturated rings. The van der Waals surface area contributed by atoms with Gasteiger partial charge in [-0.05, 0) is 0 Å². The molecule has 0 aliphatic rings. The topological polar surface area (TPSA) is 17.1 Å². The molecule has 5 heavy (non-hydrogen) atoms. The Morgan fingerprint density at radius 3 is 1.60 bits per heavy atom. The molecule has 1 nitrogen and oxygen atoms in total. The van der Waals surface area contributed by atoms with Crippen LogP contribution in [0.15, 0.2) is 0 Å².